The molecule has 3 rings (SSSR count). The molecule has 1 fully saturated rings. The van der Waals surface area contributed by atoms with Crippen molar-refractivity contribution < 1.29 is 19.0 Å². The van der Waals surface area contributed by atoms with Crippen LogP contribution in [0.3, 0.4) is 0 Å². The fourth-order valence-corrected chi connectivity index (χ4v) is 2.62. The summed E-state index contributed by atoms with van der Waals surface area (Å²) in [4.78, 5) is 12.0. The summed E-state index contributed by atoms with van der Waals surface area (Å²) in [5, 5.41) is 4.01. The molecule has 136 valence electrons. The lowest BCUT2D eigenvalue weighted by Gasteiger charge is -2.20. The van der Waals surface area contributed by atoms with Gasteiger partial charge in [0.2, 0.25) is 5.91 Å². The molecule has 0 unspecified atom stereocenters. The van der Waals surface area contributed by atoms with E-state index in [-0.39, 0.29) is 12.3 Å². The molecular formula is C20H22N2O4. The average Bonchev–Trinajstić information content (AvgIpc) is 3.07. The van der Waals surface area contributed by atoms with Crippen molar-refractivity contribution in [2.45, 2.75) is 25.7 Å². The van der Waals surface area contributed by atoms with E-state index in [0.717, 1.165) is 11.1 Å². The lowest BCUT2D eigenvalue weighted by atomic mass is 10.2. The third-order valence-electron chi connectivity index (χ3n) is 3.93. The van der Waals surface area contributed by atoms with Crippen molar-refractivity contribution in [3.63, 3.8) is 0 Å². The smallest absolute Gasteiger partial charge is 0.245 e. The van der Waals surface area contributed by atoms with Gasteiger partial charge < -0.3 is 14.2 Å². The fraction of sp³-hybridized carbons (Fsp3) is 0.300. The van der Waals surface area contributed by atoms with Crippen molar-refractivity contribution in [3.8, 4) is 5.75 Å². The highest BCUT2D eigenvalue weighted by atomic mass is 16.7. The third-order valence-corrected chi connectivity index (χ3v) is 3.93. The van der Waals surface area contributed by atoms with Gasteiger partial charge in [-0.05, 0) is 24.6 Å². The van der Waals surface area contributed by atoms with Gasteiger partial charge in [0, 0.05) is 5.56 Å². The molecule has 1 amide bonds. The quantitative estimate of drug-likeness (QED) is 0.613. The minimum absolute atomic E-state index is 0.0937. The molecule has 1 aliphatic rings. The summed E-state index contributed by atoms with van der Waals surface area (Å²) >= 11 is 0. The maximum Gasteiger partial charge on any atom is 0.245 e. The van der Waals surface area contributed by atoms with Crippen LogP contribution in [0, 0.1) is 0 Å². The first-order chi connectivity index (χ1) is 12.6. The summed E-state index contributed by atoms with van der Waals surface area (Å²) in [6, 6.07) is 17.4. The topological polar surface area (TPSA) is 69.2 Å². The number of para-hydroxylation sites is 1. The molecular weight excluding hydrogens is 332 g/mol. The summed E-state index contributed by atoms with van der Waals surface area (Å²) < 4.78 is 16.7. The zero-order valence-corrected chi connectivity index (χ0v) is 14.7. The van der Waals surface area contributed by atoms with Crippen LogP contribution in [-0.4, -0.2) is 31.1 Å². The molecule has 0 saturated carbocycles. The van der Waals surface area contributed by atoms with Crippen LogP contribution in [0.4, 0.5) is 0 Å². The molecule has 1 heterocycles. The molecule has 2 aromatic rings. The van der Waals surface area contributed by atoms with E-state index in [2.05, 4.69) is 10.5 Å². The van der Waals surface area contributed by atoms with Crippen molar-refractivity contribution in [1.29, 1.82) is 0 Å². The normalized spacial score (nSPS) is 15.9. The summed E-state index contributed by atoms with van der Waals surface area (Å²) in [7, 11) is 0. The Morgan fingerprint density at radius 2 is 1.85 bits per heavy atom. The highest BCUT2D eigenvalue weighted by Crippen LogP contribution is 2.22. The number of rotatable bonds is 7. The van der Waals surface area contributed by atoms with Gasteiger partial charge in [-0.1, -0.05) is 42.5 Å². The van der Waals surface area contributed by atoms with Crippen molar-refractivity contribution in [3.05, 3.63) is 65.7 Å². The summed E-state index contributed by atoms with van der Waals surface area (Å²) in [6.45, 7) is 3.21. The van der Waals surface area contributed by atoms with Crippen molar-refractivity contribution in [2.75, 3.05) is 13.2 Å². The Morgan fingerprint density at radius 1 is 1.15 bits per heavy atom. The summed E-state index contributed by atoms with van der Waals surface area (Å²) in [6.07, 6.45) is 1.66. The van der Waals surface area contributed by atoms with E-state index in [1.165, 1.54) is 0 Å². The van der Waals surface area contributed by atoms with Gasteiger partial charge in [-0.25, -0.2) is 5.43 Å². The van der Waals surface area contributed by atoms with Crippen LogP contribution >= 0.6 is 0 Å². The van der Waals surface area contributed by atoms with E-state index in [9.17, 15) is 4.79 Å². The van der Waals surface area contributed by atoms with E-state index in [0.29, 0.717) is 25.6 Å². The van der Waals surface area contributed by atoms with Gasteiger partial charge in [0.05, 0.1) is 25.8 Å². The van der Waals surface area contributed by atoms with E-state index < -0.39 is 5.79 Å². The van der Waals surface area contributed by atoms with Gasteiger partial charge in [-0.2, -0.15) is 5.10 Å². The van der Waals surface area contributed by atoms with Crippen LogP contribution < -0.4 is 10.2 Å². The van der Waals surface area contributed by atoms with Crippen molar-refractivity contribution in [1.82, 2.24) is 5.43 Å². The number of benzene rings is 2. The first-order valence-corrected chi connectivity index (χ1v) is 8.50. The van der Waals surface area contributed by atoms with Gasteiger partial charge in [-0.15, -0.1) is 0 Å². The number of nitrogens with zero attached hydrogens (tertiary/aromatic N) is 1. The van der Waals surface area contributed by atoms with Crippen LogP contribution in [0.5, 0.6) is 5.75 Å². The molecule has 1 aliphatic heterocycles. The van der Waals surface area contributed by atoms with E-state index in [1.807, 2.05) is 54.6 Å². The van der Waals surface area contributed by atoms with Crippen LogP contribution in [0.2, 0.25) is 0 Å². The second-order valence-electron chi connectivity index (χ2n) is 6.11. The molecule has 0 radical (unpaired) electrons. The Morgan fingerprint density at radius 3 is 2.62 bits per heavy atom. The SMILES string of the molecule is CC1(CC(=O)NN=Cc2ccccc2OCc2ccccc2)OCCO1. The van der Waals surface area contributed by atoms with Crippen LogP contribution in [-0.2, 0) is 20.9 Å². The zero-order chi connectivity index (χ0) is 18.2. The molecule has 26 heavy (non-hydrogen) atoms. The maximum atomic E-state index is 12.0. The van der Waals surface area contributed by atoms with Crippen molar-refractivity contribution in [2.24, 2.45) is 5.10 Å². The number of carbonyl (C=O) groups excluding carboxylic acids is 1. The molecule has 6 heteroatoms. The Bertz CT molecular complexity index is 755. The van der Waals surface area contributed by atoms with Crippen LogP contribution in [0.1, 0.15) is 24.5 Å². The number of hydrogen-bond acceptors (Lipinski definition) is 5. The van der Waals surface area contributed by atoms with Gasteiger partial charge in [0.25, 0.3) is 0 Å². The Kier molecular flexibility index (Phi) is 5.99. The Balaban J connectivity index is 1.55. The predicted molar refractivity (Wildman–Crippen MR) is 97.9 cm³/mol. The minimum atomic E-state index is -0.865. The highest BCUT2D eigenvalue weighted by Gasteiger charge is 2.33. The second kappa shape index (κ2) is 8.60. The molecule has 1 N–H and O–H groups in total. The van der Waals surface area contributed by atoms with Crippen LogP contribution in [0.25, 0.3) is 0 Å². The first-order valence-electron chi connectivity index (χ1n) is 8.50. The standard InChI is InChI=1S/C20H22N2O4/c1-20(25-11-12-26-20)13-19(23)22-21-14-17-9-5-6-10-18(17)24-15-16-7-3-2-4-8-16/h2-10,14H,11-13,15H2,1H3,(H,22,23). The van der Waals surface area contributed by atoms with E-state index >= 15 is 0 Å². The van der Waals surface area contributed by atoms with Gasteiger partial charge >= 0.3 is 0 Å². The molecule has 2 aromatic carbocycles. The summed E-state index contributed by atoms with van der Waals surface area (Å²) in [5.41, 5.74) is 4.36. The highest BCUT2D eigenvalue weighted by molar-refractivity contribution is 5.85. The average molecular weight is 354 g/mol. The van der Waals surface area contributed by atoms with Gasteiger partial charge in [-0.3, -0.25) is 4.79 Å². The third kappa shape index (κ3) is 5.15. The molecule has 0 bridgehead atoms. The Hall–Kier alpha value is -2.70. The molecule has 6 nitrogen and oxygen atoms in total. The molecule has 0 atom stereocenters. The number of carbonyl (C=O) groups is 1. The van der Waals surface area contributed by atoms with E-state index in [4.69, 9.17) is 14.2 Å². The largest absolute Gasteiger partial charge is 0.488 e. The number of ether oxygens (including phenoxy) is 3. The number of hydrazone groups is 1. The summed E-state index contributed by atoms with van der Waals surface area (Å²) in [5.74, 6) is -0.437. The zero-order valence-electron chi connectivity index (χ0n) is 14.7. The molecule has 0 spiro atoms. The molecule has 1 saturated heterocycles. The van der Waals surface area contributed by atoms with E-state index in [1.54, 1.807) is 13.1 Å². The number of nitrogens with one attached hydrogen (secondary N) is 1. The number of amides is 1. The second-order valence-corrected chi connectivity index (χ2v) is 6.11. The lowest BCUT2D eigenvalue weighted by Crippen LogP contribution is -2.33. The minimum Gasteiger partial charge on any atom is -0.488 e. The molecule has 0 aliphatic carbocycles. The monoisotopic (exact) mass is 354 g/mol. The maximum absolute atomic E-state index is 12.0. The number of hydrogen-bond donors (Lipinski definition) is 1. The first kappa shape index (κ1) is 18.1. The fourth-order valence-electron chi connectivity index (χ4n) is 2.62. The van der Waals surface area contributed by atoms with Crippen LogP contribution in [0.15, 0.2) is 59.7 Å². The predicted octanol–water partition coefficient (Wildman–Crippen LogP) is 2.87. The molecule has 0 aromatic heterocycles. The Labute approximate surface area is 152 Å². The lowest BCUT2D eigenvalue weighted by molar-refractivity contribution is -0.159. The van der Waals surface area contributed by atoms with Crippen molar-refractivity contribution >= 4 is 12.1 Å². The van der Waals surface area contributed by atoms with Gasteiger partial charge in [0.15, 0.2) is 5.79 Å². The van der Waals surface area contributed by atoms with Gasteiger partial charge in [0.1, 0.15) is 12.4 Å².